The summed E-state index contributed by atoms with van der Waals surface area (Å²) in [7, 11) is 0. The van der Waals surface area contributed by atoms with Gasteiger partial charge in [-0.1, -0.05) is 33.6 Å². The van der Waals surface area contributed by atoms with Gasteiger partial charge in [0.25, 0.3) is 0 Å². The lowest BCUT2D eigenvalue weighted by molar-refractivity contribution is 0.146. The number of rotatable bonds is 7. The lowest BCUT2D eigenvalue weighted by Gasteiger charge is -2.38. The quantitative estimate of drug-likeness (QED) is 0.593. The van der Waals surface area contributed by atoms with Crippen LogP contribution in [0.3, 0.4) is 0 Å². The summed E-state index contributed by atoms with van der Waals surface area (Å²) >= 11 is 0. The Labute approximate surface area is 123 Å². The molecule has 1 aliphatic rings. The fraction of sp³-hybridized carbons (Fsp3) is 0.812. The summed E-state index contributed by atoms with van der Waals surface area (Å²) in [4.78, 5) is 4.62. The number of nitrogens with two attached hydrogens (primary N) is 1. The summed E-state index contributed by atoms with van der Waals surface area (Å²) in [5.74, 6) is 7.78. The highest BCUT2D eigenvalue weighted by Crippen LogP contribution is 2.51. The molecule has 0 aromatic carbocycles. The average molecular weight is 278 g/mol. The molecule has 0 bridgehead atoms. The van der Waals surface area contributed by atoms with Gasteiger partial charge >= 0.3 is 0 Å². The summed E-state index contributed by atoms with van der Waals surface area (Å²) in [5.41, 5.74) is 3.39. The maximum Gasteiger partial charge on any atom is 0.127 e. The molecule has 0 aliphatic heterocycles. The van der Waals surface area contributed by atoms with Gasteiger partial charge in [0.05, 0.1) is 6.04 Å². The molecule has 1 aromatic heterocycles. The molecule has 4 nitrogen and oxygen atoms in total. The van der Waals surface area contributed by atoms with Crippen LogP contribution in [0.1, 0.15) is 71.2 Å². The van der Waals surface area contributed by atoms with Crippen molar-refractivity contribution < 1.29 is 0 Å². The molecule has 4 heteroatoms. The highest BCUT2D eigenvalue weighted by Gasteiger charge is 2.43. The Hall–Kier alpha value is -0.870. The van der Waals surface area contributed by atoms with E-state index in [1.54, 1.807) is 0 Å². The first kappa shape index (κ1) is 15.5. The van der Waals surface area contributed by atoms with Crippen molar-refractivity contribution in [3.8, 4) is 0 Å². The average Bonchev–Trinajstić information content (AvgIpc) is 3.01. The van der Waals surface area contributed by atoms with Crippen LogP contribution in [0.2, 0.25) is 0 Å². The van der Waals surface area contributed by atoms with Gasteiger partial charge in [0.2, 0.25) is 0 Å². The molecule has 1 aromatic rings. The van der Waals surface area contributed by atoms with Gasteiger partial charge in [0.1, 0.15) is 5.82 Å². The second kappa shape index (κ2) is 6.72. The predicted octanol–water partition coefficient (Wildman–Crippen LogP) is 3.40. The molecular formula is C16H30N4. The highest BCUT2D eigenvalue weighted by molar-refractivity contribution is 5.08. The molecule has 2 rings (SSSR count). The van der Waals surface area contributed by atoms with Crippen LogP contribution in [0, 0.1) is 11.3 Å². The number of aromatic nitrogens is 2. The minimum absolute atomic E-state index is 0.175. The van der Waals surface area contributed by atoms with Gasteiger partial charge in [-0.2, -0.15) is 0 Å². The van der Waals surface area contributed by atoms with Crippen LogP contribution in [-0.4, -0.2) is 9.55 Å². The molecule has 0 amide bonds. The van der Waals surface area contributed by atoms with Crippen molar-refractivity contribution in [2.24, 2.45) is 17.2 Å². The number of nitrogens with one attached hydrogen (secondary N) is 1. The minimum atomic E-state index is 0.175. The highest BCUT2D eigenvalue weighted by atomic mass is 15.3. The number of nitrogens with zero attached hydrogens (tertiary/aromatic N) is 2. The zero-order valence-corrected chi connectivity index (χ0v) is 13.2. The first-order valence-corrected chi connectivity index (χ1v) is 8.10. The van der Waals surface area contributed by atoms with E-state index in [0.717, 1.165) is 18.8 Å². The summed E-state index contributed by atoms with van der Waals surface area (Å²) in [5, 5.41) is 0. The Morgan fingerprint density at radius 1 is 1.40 bits per heavy atom. The van der Waals surface area contributed by atoms with Gasteiger partial charge in [-0.3, -0.25) is 5.84 Å². The molecular weight excluding hydrogens is 248 g/mol. The van der Waals surface area contributed by atoms with Crippen LogP contribution in [0.25, 0.3) is 0 Å². The summed E-state index contributed by atoms with van der Waals surface area (Å²) in [6.07, 6.45) is 11.5. The number of hydrogen-bond donors (Lipinski definition) is 2. The first-order valence-electron chi connectivity index (χ1n) is 8.10. The summed E-state index contributed by atoms with van der Waals surface area (Å²) in [6.45, 7) is 7.84. The Balaban J connectivity index is 2.30. The number of hydrogen-bond acceptors (Lipinski definition) is 3. The Kier molecular flexibility index (Phi) is 5.22. The van der Waals surface area contributed by atoms with Crippen LogP contribution in [0.5, 0.6) is 0 Å². The van der Waals surface area contributed by atoms with E-state index in [1.165, 1.54) is 32.1 Å². The standard InChI is InChI=1S/C16H30N4/c1-4-10-20-11-9-18-15(20)14(19-17)16(12-13(2)3)7-5-6-8-16/h9,11,13-14,19H,4-8,10,12,17H2,1-3H3. The number of hydrazine groups is 1. The normalized spacial score (nSPS) is 19.6. The van der Waals surface area contributed by atoms with E-state index in [2.05, 4.69) is 41.9 Å². The van der Waals surface area contributed by atoms with Gasteiger partial charge in [-0.15, -0.1) is 0 Å². The number of imidazole rings is 1. The molecule has 0 radical (unpaired) electrons. The number of aryl methyl sites for hydroxylation is 1. The fourth-order valence-corrected chi connectivity index (χ4v) is 4.04. The monoisotopic (exact) mass is 278 g/mol. The van der Waals surface area contributed by atoms with Crippen molar-refractivity contribution in [2.45, 2.75) is 71.9 Å². The third-order valence-corrected chi connectivity index (χ3v) is 4.66. The smallest absolute Gasteiger partial charge is 0.127 e. The summed E-state index contributed by atoms with van der Waals surface area (Å²) in [6, 6.07) is 0.175. The van der Waals surface area contributed by atoms with Gasteiger partial charge < -0.3 is 4.57 Å². The van der Waals surface area contributed by atoms with Gasteiger partial charge in [0, 0.05) is 18.9 Å². The molecule has 1 heterocycles. The van der Waals surface area contributed by atoms with Crippen molar-refractivity contribution in [3.63, 3.8) is 0 Å². The largest absolute Gasteiger partial charge is 0.334 e. The van der Waals surface area contributed by atoms with E-state index < -0.39 is 0 Å². The maximum absolute atomic E-state index is 5.97. The van der Waals surface area contributed by atoms with Crippen molar-refractivity contribution in [1.82, 2.24) is 15.0 Å². The van der Waals surface area contributed by atoms with Crippen LogP contribution < -0.4 is 11.3 Å². The second-order valence-corrected chi connectivity index (χ2v) is 6.75. The molecule has 1 saturated carbocycles. The Morgan fingerprint density at radius 3 is 2.65 bits per heavy atom. The van der Waals surface area contributed by atoms with Crippen molar-refractivity contribution in [3.05, 3.63) is 18.2 Å². The molecule has 1 fully saturated rings. The van der Waals surface area contributed by atoms with E-state index in [9.17, 15) is 0 Å². The predicted molar refractivity (Wildman–Crippen MR) is 82.9 cm³/mol. The zero-order valence-electron chi connectivity index (χ0n) is 13.2. The summed E-state index contributed by atoms with van der Waals surface area (Å²) < 4.78 is 2.27. The molecule has 0 saturated heterocycles. The van der Waals surface area contributed by atoms with Crippen molar-refractivity contribution in [2.75, 3.05) is 0 Å². The van der Waals surface area contributed by atoms with Crippen molar-refractivity contribution in [1.29, 1.82) is 0 Å². The molecule has 1 aliphatic carbocycles. The molecule has 114 valence electrons. The SMILES string of the molecule is CCCn1ccnc1C(NN)C1(CC(C)C)CCCC1. The lowest BCUT2D eigenvalue weighted by atomic mass is 9.72. The van der Waals surface area contributed by atoms with E-state index >= 15 is 0 Å². The van der Waals surface area contributed by atoms with Crippen LogP contribution in [0.4, 0.5) is 0 Å². The van der Waals surface area contributed by atoms with Crippen LogP contribution >= 0.6 is 0 Å². The topological polar surface area (TPSA) is 55.9 Å². The van der Waals surface area contributed by atoms with E-state index in [0.29, 0.717) is 5.92 Å². The minimum Gasteiger partial charge on any atom is -0.334 e. The molecule has 3 N–H and O–H groups in total. The lowest BCUT2D eigenvalue weighted by Crippen LogP contribution is -2.42. The first-order chi connectivity index (χ1) is 9.63. The maximum atomic E-state index is 5.97. The molecule has 1 atom stereocenters. The fourth-order valence-electron chi connectivity index (χ4n) is 4.04. The van der Waals surface area contributed by atoms with Crippen molar-refractivity contribution >= 4 is 0 Å². The zero-order chi connectivity index (χ0) is 14.6. The third-order valence-electron chi connectivity index (χ3n) is 4.66. The molecule has 20 heavy (non-hydrogen) atoms. The van der Waals surface area contributed by atoms with E-state index in [1.807, 2.05) is 6.20 Å². The second-order valence-electron chi connectivity index (χ2n) is 6.75. The van der Waals surface area contributed by atoms with Gasteiger partial charge in [0.15, 0.2) is 0 Å². The van der Waals surface area contributed by atoms with Gasteiger partial charge in [-0.05, 0) is 37.0 Å². The van der Waals surface area contributed by atoms with Gasteiger partial charge in [-0.25, -0.2) is 10.4 Å². The third kappa shape index (κ3) is 3.07. The van der Waals surface area contributed by atoms with Crippen LogP contribution in [-0.2, 0) is 6.54 Å². The Bertz CT molecular complexity index is 404. The van der Waals surface area contributed by atoms with E-state index in [-0.39, 0.29) is 11.5 Å². The van der Waals surface area contributed by atoms with Crippen LogP contribution in [0.15, 0.2) is 12.4 Å². The Morgan fingerprint density at radius 2 is 2.10 bits per heavy atom. The van der Waals surface area contributed by atoms with E-state index in [4.69, 9.17) is 5.84 Å². The molecule has 0 spiro atoms. The molecule has 1 unspecified atom stereocenters.